The number of rotatable bonds is 5. The summed E-state index contributed by atoms with van der Waals surface area (Å²) < 4.78 is 50.8. The number of aromatic nitrogens is 3. The van der Waals surface area contributed by atoms with E-state index in [-0.39, 0.29) is 23.0 Å². The number of carbonyl (C=O) groups excluding carboxylic acids is 1. The van der Waals surface area contributed by atoms with E-state index in [1.54, 1.807) is 6.07 Å². The molecule has 0 fully saturated rings. The van der Waals surface area contributed by atoms with Gasteiger partial charge in [-0.1, -0.05) is 11.6 Å². The molecule has 2 heterocycles. The highest BCUT2D eigenvalue weighted by Gasteiger charge is 2.35. The van der Waals surface area contributed by atoms with Crippen molar-refractivity contribution >= 4 is 23.2 Å². The normalized spacial score (nSPS) is 11.5. The van der Waals surface area contributed by atoms with Crippen LogP contribution in [0, 0.1) is 0 Å². The Morgan fingerprint density at radius 3 is 2.54 bits per heavy atom. The van der Waals surface area contributed by atoms with E-state index >= 15 is 0 Å². The molecule has 3 aromatic rings. The predicted molar refractivity (Wildman–Crippen MR) is 93.7 cm³/mol. The molecule has 148 valence electrons. The van der Waals surface area contributed by atoms with Gasteiger partial charge in [-0.05, 0) is 24.3 Å². The smallest absolute Gasteiger partial charge is 0.420 e. The van der Waals surface area contributed by atoms with Crippen LogP contribution >= 0.6 is 11.6 Å². The molecule has 0 saturated heterocycles. The number of methoxy groups -OCH3 is 2. The number of alkyl halides is 3. The van der Waals surface area contributed by atoms with Crippen molar-refractivity contribution in [2.45, 2.75) is 12.7 Å². The molecule has 0 aliphatic carbocycles. The van der Waals surface area contributed by atoms with Crippen LogP contribution in [-0.2, 0) is 12.7 Å². The number of halogens is 4. The van der Waals surface area contributed by atoms with E-state index in [4.69, 9.17) is 21.1 Å². The second kappa shape index (κ2) is 7.55. The zero-order valence-electron chi connectivity index (χ0n) is 14.7. The highest BCUT2D eigenvalue weighted by molar-refractivity contribution is 6.30. The molecule has 7 nitrogen and oxygen atoms in total. The lowest BCUT2D eigenvalue weighted by atomic mass is 10.2. The van der Waals surface area contributed by atoms with Gasteiger partial charge in [-0.2, -0.15) is 13.2 Å². The van der Waals surface area contributed by atoms with Gasteiger partial charge in [-0.3, -0.25) is 9.20 Å². The predicted octanol–water partition coefficient (Wildman–Crippen LogP) is 3.35. The topological polar surface area (TPSA) is 77.8 Å². The Bertz CT molecular complexity index is 1040. The lowest BCUT2D eigenvalue weighted by Gasteiger charge is -2.10. The minimum atomic E-state index is -4.64. The van der Waals surface area contributed by atoms with Crippen molar-refractivity contribution < 1.29 is 27.4 Å². The summed E-state index contributed by atoms with van der Waals surface area (Å²) in [7, 11) is 2.90. The zero-order chi connectivity index (χ0) is 20.5. The molecular weight excluding hydrogens is 401 g/mol. The van der Waals surface area contributed by atoms with Crippen LogP contribution in [-0.4, -0.2) is 34.7 Å². The fourth-order valence-electron chi connectivity index (χ4n) is 2.57. The Hall–Kier alpha value is -3.01. The summed E-state index contributed by atoms with van der Waals surface area (Å²) in [6, 6.07) is 5.35. The first-order chi connectivity index (χ1) is 13.2. The fraction of sp³-hybridized carbons (Fsp3) is 0.235. The van der Waals surface area contributed by atoms with Gasteiger partial charge in [-0.25, -0.2) is 0 Å². The number of fused-ring (bicyclic) bond motifs is 1. The molecule has 0 spiro atoms. The molecule has 1 aromatic carbocycles. The van der Waals surface area contributed by atoms with Gasteiger partial charge in [0.15, 0.2) is 23.0 Å². The van der Waals surface area contributed by atoms with E-state index in [9.17, 15) is 18.0 Å². The molecule has 0 radical (unpaired) electrons. The number of nitrogens with zero attached hydrogens (tertiary/aromatic N) is 3. The molecule has 28 heavy (non-hydrogen) atoms. The molecule has 0 unspecified atom stereocenters. The van der Waals surface area contributed by atoms with Crippen LogP contribution in [0.3, 0.4) is 0 Å². The summed E-state index contributed by atoms with van der Waals surface area (Å²) in [5, 5.41) is 9.75. The van der Waals surface area contributed by atoms with Gasteiger partial charge in [0.05, 0.1) is 25.8 Å². The minimum Gasteiger partial charge on any atom is -0.493 e. The average molecular weight is 415 g/mol. The number of nitrogens with one attached hydrogen (secondary N) is 1. The molecule has 1 amide bonds. The van der Waals surface area contributed by atoms with Gasteiger partial charge >= 0.3 is 6.18 Å². The van der Waals surface area contributed by atoms with Gasteiger partial charge in [0.2, 0.25) is 0 Å². The summed E-state index contributed by atoms with van der Waals surface area (Å²) in [6.45, 7) is -0.161. The molecule has 3 rings (SSSR count). The minimum absolute atomic E-state index is 0.0943. The summed E-state index contributed by atoms with van der Waals surface area (Å²) >= 11 is 5.79. The SMILES string of the molecule is COc1ccc(C(=O)NCc2nnc3c(C(F)(F)F)cc(Cl)cn23)cc1OC. The maximum atomic E-state index is 13.1. The lowest BCUT2D eigenvalue weighted by Crippen LogP contribution is -2.24. The van der Waals surface area contributed by atoms with Crippen molar-refractivity contribution in [1.82, 2.24) is 19.9 Å². The molecule has 2 aromatic heterocycles. The van der Waals surface area contributed by atoms with E-state index in [1.165, 1.54) is 32.5 Å². The number of hydrogen-bond donors (Lipinski definition) is 1. The standard InChI is InChI=1S/C17H14ClF3N4O3/c1-27-12-4-3-9(5-13(12)28-2)16(26)22-7-14-23-24-15-11(17(19,20)21)6-10(18)8-25(14)15/h3-6,8H,7H2,1-2H3,(H,22,26). The van der Waals surface area contributed by atoms with E-state index in [2.05, 4.69) is 15.5 Å². The van der Waals surface area contributed by atoms with Crippen LogP contribution in [0.4, 0.5) is 13.2 Å². The summed E-state index contributed by atoms with van der Waals surface area (Å²) in [5.41, 5.74) is -1.13. The van der Waals surface area contributed by atoms with E-state index in [0.29, 0.717) is 11.5 Å². The van der Waals surface area contributed by atoms with Gasteiger partial charge in [0.1, 0.15) is 5.56 Å². The van der Waals surface area contributed by atoms with Crippen molar-refractivity contribution in [3.63, 3.8) is 0 Å². The maximum Gasteiger partial charge on any atom is 0.420 e. The third kappa shape index (κ3) is 3.81. The molecule has 1 N–H and O–H groups in total. The second-order valence-corrected chi connectivity index (χ2v) is 6.07. The van der Waals surface area contributed by atoms with Crippen molar-refractivity contribution in [2.75, 3.05) is 14.2 Å². The summed E-state index contributed by atoms with van der Waals surface area (Å²) in [4.78, 5) is 12.4. The van der Waals surface area contributed by atoms with Crippen LogP contribution in [0.2, 0.25) is 5.02 Å². The first kappa shape index (κ1) is 19.7. The monoisotopic (exact) mass is 414 g/mol. The molecule has 0 bridgehead atoms. The summed E-state index contributed by atoms with van der Waals surface area (Å²) in [5.74, 6) is 0.439. The van der Waals surface area contributed by atoms with Crippen LogP contribution in [0.5, 0.6) is 11.5 Å². The number of benzene rings is 1. The Labute approximate surface area is 162 Å². The van der Waals surface area contributed by atoms with E-state index < -0.39 is 23.3 Å². The lowest BCUT2D eigenvalue weighted by molar-refractivity contribution is -0.136. The van der Waals surface area contributed by atoms with E-state index in [1.807, 2.05) is 0 Å². The van der Waals surface area contributed by atoms with Crippen LogP contribution in [0.25, 0.3) is 5.65 Å². The summed E-state index contributed by atoms with van der Waals surface area (Å²) in [6.07, 6.45) is -3.39. The number of pyridine rings is 1. The van der Waals surface area contributed by atoms with Crippen LogP contribution in [0.15, 0.2) is 30.5 Å². The van der Waals surface area contributed by atoms with Gasteiger partial charge in [0.25, 0.3) is 5.91 Å². The molecule has 0 aliphatic rings. The van der Waals surface area contributed by atoms with Crippen molar-refractivity contribution in [1.29, 1.82) is 0 Å². The molecular formula is C17H14ClF3N4O3. The highest BCUT2D eigenvalue weighted by Crippen LogP contribution is 2.33. The Morgan fingerprint density at radius 2 is 1.89 bits per heavy atom. The fourth-order valence-corrected chi connectivity index (χ4v) is 2.78. The Morgan fingerprint density at radius 1 is 1.18 bits per heavy atom. The first-order valence-corrected chi connectivity index (χ1v) is 8.23. The number of amides is 1. The molecule has 0 atom stereocenters. The first-order valence-electron chi connectivity index (χ1n) is 7.85. The average Bonchev–Trinajstić information content (AvgIpc) is 3.06. The number of carbonyl (C=O) groups is 1. The van der Waals surface area contributed by atoms with E-state index in [0.717, 1.165) is 10.5 Å². The largest absolute Gasteiger partial charge is 0.493 e. The second-order valence-electron chi connectivity index (χ2n) is 5.63. The van der Waals surface area contributed by atoms with Gasteiger partial charge in [-0.15, -0.1) is 10.2 Å². The molecule has 11 heteroatoms. The quantitative estimate of drug-likeness (QED) is 0.692. The molecule has 0 saturated carbocycles. The van der Waals surface area contributed by atoms with Crippen molar-refractivity contribution in [2.24, 2.45) is 0 Å². The molecule has 0 aliphatic heterocycles. The Kier molecular flexibility index (Phi) is 5.32. The third-order valence-corrected chi connectivity index (χ3v) is 4.11. The highest BCUT2D eigenvalue weighted by atomic mass is 35.5. The van der Waals surface area contributed by atoms with Crippen molar-refractivity contribution in [3.8, 4) is 11.5 Å². The third-order valence-electron chi connectivity index (χ3n) is 3.90. The maximum absolute atomic E-state index is 13.1. The number of ether oxygens (including phenoxy) is 2. The van der Waals surface area contributed by atoms with Crippen molar-refractivity contribution in [3.05, 3.63) is 52.4 Å². The van der Waals surface area contributed by atoms with Gasteiger partial charge in [0, 0.05) is 11.8 Å². The van der Waals surface area contributed by atoms with Gasteiger partial charge < -0.3 is 14.8 Å². The number of hydrogen-bond acceptors (Lipinski definition) is 5. The Balaban J connectivity index is 1.84. The van der Waals surface area contributed by atoms with Crippen LogP contribution in [0.1, 0.15) is 21.7 Å². The van der Waals surface area contributed by atoms with Crippen LogP contribution < -0.4 is 14.8 Å². The zero-order valence-corrected chi connectivity index (χ0v) is 15.4.